The van der Waals surface area contributed by atoms with Gasteiger partial charge in [0.15, 0.2) is 5.96 Å². The summed E-state index contributed by atoms with van der Waals surface area (Å²) in [4.78, 5) is 31.1. The molecule has 8 nitrogen and oxygen atoms in total. The van der Waals surface area contributed by atoms with Crippen LogP contribution < -0.4 is 15.5 Å². The van der Waals surface area contributed by atoms with Crippen molar-refractivity contribution >= 4 is 19.7 Å². The Morgan fingerprint density at radius 1 is 1.69 bits per heavy atom. The number of rotatable bonds is 3. The normalized spacial score (nSPS) is 12.7. The molecule has 0 bridgehead atoms. The molecular weight excluding hydrogens is 201 g/mol. The maximum atomic E-state index is 10.1. The highest BCUT2D eigenvalue weighted by Crippen LogP contribution is 2.24. The van der Waals surface area contributed by atoms with Gasteiger partial charge in [-0.25, -0.2) is 4.76 Å². The molecule has 0 aliphatic heterocycles. The van der Waals surface area contributed by atoms with Crippen LogP contribution in [0.25, 0.3) is 0 Å². The second-order valence-electron chi connectivity index (χ2n) is 2.18. The third kappa shape index (κ3) is 6.09. The summed E-state index contributed by atoms with van der Waals surface area (Å²) in [6, 6.07) is 0. The molecule has 0 aliphatic carbocycles. The molecule has 0 fully saturated rings. The molecule has 0 aromatic rings. The zero-order chi connectivity index (χ0) is 10.6. The van der Waals surface area contributed by atoms with Crippen LogP contribution in [0.5, 0.6) is 0 Å². The molecule has 0 saturated heterocycles. The van der Waals surface area contributed by atoms with Crippen LogP contribution in [0.15, 0.2) is 4.76 Å². The predicted molar refractivity (Wildman–Crippen MR) is 39.5 cm³/mol. The molecule has 76 valence electrons. The maximum Gasteiger partial charge on any atom is 0.323 e. The van der Waals surface area contributed by atoms with Gasteiger partial charge in [0.05, 0.1) is 7.75 Å². The fourth-order valence-electron chi connectivity index (χ4n) is 0.486. The van der Waals surface area contributed by atoms with Crippen LogP contribution in [0, 0.1) is 0 Å². The Bertz CT molecular complexity index is 271. The van der Waals surface area contributed by atoms with Crippen molar-refractivity contribution in [2.24, 2.45) is 10.5 Å². The number of hydrogen-bond acceptors (Lipinski definition) is 4. The van der Waals surface area contributed by atoms with Crippen LogP contribution >= 0.6 is 7.75 Å². The number of carbonyl (C=O) groups is 1. The molecular formula is C4H8N3O5P-2. The minimum Gasteiger partial charge on any atom is -0.793 e. The predicted octanol–water partition coefficient (Wildman–Crippen LogP) is -2.85. The summed E-state index contributed by atoms with van der Waals surface area (Å²) in [5, 5.41) is 8.25. The number of nitrogens with two attached hydrogens (primary N) is 1. The van der Waals surface area contributed by atoms with Gasteiger partial charge in [-0.2, -0.15) is 0 Å². The van der Waals surface area contributed by atoms with Crippen molar-refractivity contribution in [1.29, 1.82) is 0 Å². The molecule has 0 aromatic carbocycles. The molecule has 0 radical (unpaired) electrons. The minimum absolute atomic E-state index is 0.532. The average molecular weight is 209 g/mol. The van der Waals surface area contributed by atoms with Crippen molar-refractivity contribution in [2.75, 3.05) is 13.6 Å². The van der Waals surface area contributed by atoms with E-state index in [1.165, 1.54) is 7.05 Å². The first-order valence-corrected chi connectivity index (χ1v) is 4.52. The van der Waals surface area contributed by atoms with Gasteiger partial charge in [0, 0.05) is 7.05 Å². The number of carboxylic acids is 1. The fraction of sp³-hybridized carbons (Fsp3) is 0.500. The third-order valence-electron chi connectivity index (χ3n) is 0.988. The van der Waals surface area contributed by atoms with Gasteiger partial charge >= 0.3 is 5.97 Å². The van der Waals surface area contributed by atoms with E-state index < -0.39 is 26.2 Å². The van der Waals surface area contributed by atoms with Crippen LogP contribution in [-0.4, -0.2) is 35.5 Å². The maximum absolute atomic E-state index is 10.1. The number of aliphatic carboxylic acids is 1. The smallest absolute Gasteiger partial charge is 0.323 e. The summed E-state index contributed by atoms with van der Waals surface area (Å²) in [6.07, 6.45) is 0. The second-order valence-corrected chi connectivity index (χ2v) is 3.31. The molecule has 9 heteroatoms. The van der Waals surface area contributed by atoms with Crippen molar-refractivity contribution in [1.82, 2.24) is 4.90 Å². The third-order valence-corrected chi connectivity index (χ3v) is 1.44. The van der Waals surface area contributed by atoms with Gasteiger partial charge in [-0.1, -0.05) is 0 Å². The summed E-state index contributed by atoms with van der Waals surface area (Å²) in [5.74, 6) is -1.86. The topological polar surface area (TPSA) is 142 Å². The van der Waals surface area contributed by atoms with Gasteiger partial charge in [-0.3, -0.25) is 4.79 Å². The fourth-order valence-corrected chi connectivity index (χ4v) is 0.889. The number of hydrogen-bond donors (Lipinski definition) is 2. The van der Waals surface area contributed by atoms with E-state index in [2.05, 4.69) is 4.76 Å². The summed E-state index contributed by atoms with van der Waals surface area (Å²) >= 11 is 0. The molecule has 0 spiro atoms. The van der Waals surface area contributed by atoms with Crippen molar-refractivity contribution < 1.29 is 24.3 Å². The van der Waals surface area contributed by atoms with E-state index in [1.54, 1.807) is 0 Å². The highest BCUT2D eigenvalue weighted by molar-refractivity contribution is 7.47. The Balaban J connectivity index is 4.42. The zero-order valence-electron chi connectivity index (χ0n) is 6.71. The van der Waals surface area contributed by atoms with Gasteiger partial charge in [-0.15, -0.1) is 0 Å². The summed E-state index contributed by atoms with van der Waals surface area (Å²) < 4.78 is 12.6. The Labute approximate surface area is 73.9 Å². The van der Waals surface area contributed by atoms with Crippen molar-refractivity contribution in [3.05, 3.63) is 0 Å². The Morgan fingerprint density at radius 3 is 2.46 bits per heavy atom. The lowest BCUT2D eigenvalue weighted by Crippen LogP contribution is -2.38. The van der Waals surface area contributed by atoms with Crippen LogP contribution in [0.3, 0.4) is 0 Å². The van der Waals surface area contributed by atoms with Gasteiger partial charge in [0.1, 0.15) is 6.54 Å². The molecule has 0 unspecified atom stereocenters. The van der Waals surface area contributed by atoms with Gasteiger partial charge < -0.3 is 30.1 Å². The Kier molecular flexibility index (Phi) is 3.86. The van der Waals surface area contributed by atoms with Crippen molar-refractivity contribution in [2.45, 2.75) is 0 Å². The standard InChI is InChI=1S/C4H10N3O5P/c1-7(2-3(8)9)4(5)6-13(10,11)12/h2H2,1H3,(H,8,9)(H4,5,6,10,11,12)/p-2. The molecule has 3 N–H and O–H groups in total. The van der Waals surface area contributed by atoms with Crippen LogP contribution in [0.4, 0.5) is 0 Å². The van der Waals surface area contributed by atoms with E-state index in [0.29, 0.717) is 0 Å². The molecule has 0 heterocycles. The number of guanidine groups is 1. The monoisotopic (exact) mass is 209 g/mol. The van der Waals surface area contributed by atoms with Gasteiger partial charge in [-0.05, 0) is 0 Å². The van der Waals surface area contributed by atoms with E-state index in [1.807, 2.05) is 0 Å². The quantitative estimate of drug-likeness (QED) is 0.289. The van der Waals surface area contributed by atoms with E-state index >= 15 is 0 Å². The molecule has 0 aliphatic rings. The number of likely N-dealkylation sites (N-methyl/N-ethyl adjacent to an activating group) is 1. The highest BCUT2D eigenvalue weighted by Gasteiger charge is 2.06. The van der Waals surface area contributed by atoms with Crippen molar-refractivity contribution in [3.63, 3.8) is 0 Å². The summed E-state index contributed by atoms with van der Waals surface area (Å²) in [6.45, 7) is -0.532. The second kappa shape index (κ2) is 4.22. The number of nitrogens with zero attached hydrogens (tertiary/aromatic N) is 2. The molecule has 13 heavy (non-hydrogen) atoms. The first-order valence-electron chi connectivity index (χ1n) is 3.03. The van der Waals surface area contributed by atoms with E-state index in [0.717, 1.165) is 4.90 Å². The van der Waals surface area contributed by atoms with Gasteiger partial charge in [0.2, 0.25) is 0 Å². The Morgan fingerprint density at radius 2 is 2.15 bits per heavy atom. The molecule has 0 aromatic heterocycles. The molecule has 0 atom stereocenters. The molecule has 0 saturated carbocycles. The first kappa shape index (κ1) is 11.9. The Hall–Kier alpha value is -1.11. The number of carboxylic acid groups (broad SMARTS) is 1. The van der Waals surface area contributed by atoms with E-state index in [9.17, 15) is 19.1 Å². The SMILES string of the molecule is CN(CC(=O)O)/C(N)=N/P(=O)([O-])[O-]. The first-order chi connectivity index (χ1) is 5.72. The molecule has 0 amide bonds. The average Bonchev–Trinajstić information content (AvgIpc) is 1.81. The largest absolute Gasteiger partial charge is 0.793 e. The summed E-state index contributed by atoms with van der Waals surface area (Å²) in [7, 11) is -3.89. The van der Waals surface area contributed by atoms with Crippen molar-refractivity contribution in [3.8, 4) is 0 Å². The minimum atomic E-state index is -5.09. The van der Waals surface area contributed by atoms with Gasteiger partial charge in [0.25, 0.3) is 0 Å². The lowest BCUT2D eigenvalue weighted by molar-refractivity contribution is -0.313. The van der Waals surface area contributed by atoms with E-state index in [-0.39, 0.29) is 0 Å². The van der Waals surface area contributed by atoms with Crippen LogP contribution in [0.2, 0.25) is 0 Å². The summed E-state index contributed by atoms with van der Waals surface area (Å²) in [5.41, 5.74) is 4.99. The lowest BCUT2D eigenvalue weighted by atomic mass is 10.6. The van der Waals surface area contributed by atoms with Crippen LogP contribution in [0.1, 0.15) is 0 Å². The molecule has 0 rings (SSSR count). The van der Waals surface area contributed by atoms with Crippen LogP contribution in [-0.2, 0) is 9.36 Å². The zero-order valence-corrected chi connectivity index (χ0v) is 7.60. The van der Waals surface area contributed by atoms with E-state index in [4.69, 9.17) is 10.8 Å². The highest BCUT2D eigenvalue weighted by atomic mass is 31.2. The lowest BCUT2D eigenvalue weighted by Gasteiger charge is -2.26.